The van der Waals surface area contributed by atoms with Crippen LogP contribution in [0.15, 0.2) is 33.9 Å². The first-order valence-corrected chi connectivity index (χ1v) is 8.66. The number of aromatic nitrogens is 2. The second kappa shape index (κ2) is 6.07. The fourth-order valence-electron chi connectivity index (χ4n) is 1.95. The number of sulfone groups is 1. The monoisotopic (exact) mass is 339 g/mol. The largest absolute Gasteiger partial charge is 0.411 e. The van der Waals surface area contributed by atoms with Crippen LogP contribution in [0.1, 0.15) is 24.3 Å². The lowest BCUT2D eigenvalue weighted by Gasteiger charge is -2.01. The first-order valence-electron chi connectivity index (χ1n) is 7.01. The van der Waals surface area contributed by atoms with Gasteiger partial charge in [-0.3, -0.25) is 4.79 Å². The van der Waals surface area contributed by atoms with Crippen LogP contribution in [0.3, 0.4) is 0 Å². The molecule has 2 aromatic rings. The van der Waals surface area contributed by atoms with E-state index in [1.165, 1.54) is 24.3 Å². The third-order valence-corrected chi connectivity index (χ3v) is 4.76. The van der Waals surface area contributed by atoms with Gasteiger partial charge in [0.15, 0.2) is 0 Å². The Morgan fingerprint density at radius 3 is 2.61 bits per heavy atom. The molecule has 3 rings (SSSR count). The van der Waals surface area contributed by atoms with Crippen LogP contribution in [0.5, 0.6) is 0 Å². The smallest absolute Gasteiger partial charge is 0.335 e. The zero-order chi connectivity index (χ0) is 16.4. The van der Waals surface area contributed by atoms with E-state index in [0.717, 1.165) is 12.8 Å². The zero-order valence-corrected chi connectivity index (χ0v) is 12.8. The van der Waals surface area contributed by atoms with E-state index < -0.39 is 20.9 Å². The molecule has 122 valence electrons. The fraction of sp³-hybridized carbons (Fsp3) is 0.357. The van der Waals surface area contributed by atoms with E-state index >= 15 is 0 Å². The van der Waals surface area contributed by atoms with Crippen molar-refractivity contribution >= 4 is 15.7 Å². The summed E-state index contributed by atoms with van der Waals surface area (Å²) < 4.78 is 42.3. The second-order valence-electron chi connectivity index (χ2n) is 5.34. The minimum Gasteiger partial charge on any atom is -0.411 e. The van der Waals surface area contributed by atoms with E-state index in [9.17, 15) is 17.6 Å². The van der Waals surface area contributed by atoms with Crippen molar-refractivity contribution in [3.63, 3.8) is 0 Å². The minimum atomic E-state index is -3.82. The van der Waals surface area contributed by atoms with E-state index in [-0.39, 0.29) is 30.0 Å². The highest BCUT2D eigenvalue weighted by atomic mass is 32.2. The lowest BCUT2D eigenvalue weighted by Crippen LogP contribution is -2.24. The molecule has 0 bridgehead atoms. The van der Waals surface area contributed by atoms with Crippen molar-refractivity contribution in [2.75, 3.05) is 0 Å². The maximum absolute atomic E-state index is 12.8. The van der Waals surface area contributed by atoms with E-state index in [0.29, 0.717) is 5.56 Å². The Hall–Kier alpha value is -2.29. The highest BCUT2D eigenvalue weighted by Gasteiger charge is 2.30. The first kappa shape index (κ1) is 15.6. The van der Waals surface area contributed by atoms with Crippen LogP contribution in [0, 0.1) is 11.7 Å². The molecule has 7 nitrogen and oxygen atoms in total. The van der Waals surface area contributed by atoms with Gasteiger partial charge >= 0.3 is 5.22 Å². The van der Waals surface area contributed by atoms with Gasteiger partial charge in [0.2, 0.25) is 21.6 Å². The lowest BCUT2D eigenvalue weighted by atomic mass is 10.2. The molecular formula is C14H14FN3O4S. The van der Waals surface area contributed by atoms with E-state index in [1.54, 1.807) is 0 Å². The highest BCUT2D eigenvalue weighted by molar-refractivity contribution is 7.90. The minimum absolute atomic E-state index is 0.00555. The summed E-state index contributed by atoms with van der Waals surface area (Å²) in [5.74, 6) is -0.851. The van der Waals surface area contributed by atoms with Gasteiger partial charge in [0.1, 0.15) is 5.82 Å². The van der Waals surface area contributed by atoms with E-state index in [1.807, 2.05) is 0 Å². The number of carbonyl (C=O) groups is 1. The summed E-state index contributed by atoms with van der Waals surface area (Å²) in [5.41, 5.74) is 0.410. The third-order valence-electron chi connectivity index (χ3n) is 3.35. The quantitative estimate of drug-likeness (QED) is 0.849. The molecule has 1 aliphatic rings. The number of nitrogens with one attached hydrogen (secondary N) is 1. The molecule has 1 N–H and O–H groups in total. The van der Waals surface area contributed by atoms with Gasteiger partial charge < -0.3 is 9.73 Å². The van der Waals surface area contributed by atoms with Crippen LogP contribution in [0.25, 0.3) is 0 Å². The summed E-state index contributed by atoms with van der Waals surface area (Å²) in [5, 5.41) is 9.22. The molecule has 23 heavy (non-hydrogen) atoms. The fourth-order valence-corrected chi connectivity index (χ4v) is 3.09. The molecule has 1 aliphatic carbocycles. The third kappa shape index (κ3) is 3.92. The Morgan fingerprint density at radius 1 is 1.26 bits per heavy atom. The predicted molar refractivity (Wildman–Crippen MR) is 76.2 cm³/mol. The molecule has 0 unspecified atom stereocenters. The van der Waals surface area contributed by atoms with E-state index in [2.05, 4.69) is 15.5 Å². The number of rotatable bonds is 6. The van der Waals surface area contributed by atoms with Crippen molar-refractivity contribution in [1.82, 2.24) is 15.5 Å². The number of nitrogens with zero attached hydrogens (tertiary/aromatic N) is 2. The molecule has 0 radical (unpaired) electrons. The Bertz CT molecular complexity index is 813. The van der Waals surface area contributed by atoms with Gasteiger partial charge in [-0.05, 0) is 30.5 Å². The molecule has 0 saturated heterocycles. The normalized spacial score (nSPS) is 14.7. The molecule has 1 saturated carbocycles. The van der Waals surface area contributed by atoms with Crippen molar-refractivity contribution in [3.8, 4) is 0 Å². The summed E-state index contributed by atoms with van der Waals surface area (Å²) in [6.45, 7) is -0.00555. The Labute approximate surface area is 131 Å². The number of hydrogen-bond donors (Lipinski definition) is 1. The topological polar surface area (TPSA) is 102 Å². The van der Waals surface area contributed by atoms with Gasteiger partial charge in [-0.25, -0.2) is 12.8 Å². The van der Waals surface area contributed by atoms with Gasteiger partial charge in [-0.1, -0.05) is 17.2 Å². The summed E-state index contributed by atoms with van der Waals surface area (Å²) in [6, 6.07) is 5.11. The molecule has 1 aromatic heterocycles. The van der Waals surface area contributed by atoms with Crippen molar-refractivity contribution in [3.05, 3.63) is 41.5 Å². The van der Waals surface area contributed by atoms with Gasteiger partial charge in [-0.2, -0.15) is 0 Å². The number of hydrogen-bond acceptors (Lipinski definition) is 6. The van der Waals surface area contributed by atoms with Crippen LogP contribution < -0.4 is 5.32 Å². The Kier molecular flexibility index (Phi) is 4.12. The molecule has 9 heteroatoms. The first-order chi connectivity index (χ1) is 10.9. The standard InChI is InChI=1S/C14H14FN3O4S/c15-11-5-1-9(2-6-11)8-23(20,21)14-18-17-12(22-14)7-16-13(19)10-3-4-10/h1-2,5-6,10H,3-4,7-8H2,(H,16,19). The average Bonchev–Trinajstić information content (AvgIpc) is 3.25. The van der Waals surface area contributed by atoms with Gasteiger partial charge in [0, 0.05) is 5.92 Å². The van der Waals surface area contributed by atoms with Crippen LogP contribution in [0.4, 0.5) is 4.39 Å². The number of halogens is 1. The average molecular weight is 339 g/mol. The molecule has 1 aromatic carbocycles. The molecule has 0 atom stereocenters. The van der Waals surface area contributed by atoms with Crippen molar-refractivity contribution in [2.24, 2.45) is 5.92 Å². The number of benzene rings is 1. The van der Waals surface area contributed by atoms with Crippen LogP contribution in [0.2, 0.25) is 0 Å². The maximum atomic E-state index is 12.8. The van der Waals surface area contributed by atoms with Gasteiger partial charge in [-0.15, -0.1) is 5.10 Å². The molecular weight excluding hydrogens is 325 g/mol. The van der Waals surface area contributed by atoms with Crippen molar-refractivity contribution < 1.29 is 22.0 Å². The summed E-state index contributed by atoms with van der Waals surface area (Å²) in [4.78, 5) is 11.5. The highest BCUT2D eigenvalue weighted by Crippen LogP contribution is 2.28. The summed E-state index contributed by atoms with van der Waals surface area (Å²) >= 11 is 0. The van der Waals surface area contributed by atoms with E-state index in [4.69, 9.17) is 4.42 Å². The molecule has 0 spiro atoms. The summed E-state index contributed by atoms with van der Waals surface area (Å²) in [6.07, 6.45) is 1.74. The lowest BCUT2D eigenvalue weighted by molar-refractivity contribution is -0.122. The van der Waals surface area contributed by atoms with Crippen LogP contribution >= 0.6 is 0 Å². The van der Waals surface area contributed by atoms with Crippen molar-refractivity contribution in [1.29, 1.82) is 0 Å². The van der Waals surface area contributed by atoms with Crippen molar-refractivity contribution in [2.45, 2.75) is 30.4 Å². The summed E-state index contributed by atoms with van der Waals surface area (Å²) in [7, 11) is -3.82. The van der Waals surface area contributed by atoms with Crippen LogP contribution in [-0.2, 0) is 26.9 Å². The maximum Gasteiger partial charge on any atom is 0.335 e. The van der Waals surface area contributed by atoms with Gasteiger partial charge in [0.05, 0.1) is 12.3 Å². The number of carbonyl (C=O) groups excluding carboxylic acids is 1. The SMILES string of the molecule is O=C(NCc1nnc(S(=O)(=O)Cc2ccc(F)cc2)o1)C1CC1. The Morgan fingerprint density at radius 2 is 1.96 bits per heavy atom. The molecule has 1 fully saturated rings. The van der Waals surface area contributed by atoms with Gasteiger partial charge in [0.25, 0.3) is 0 Å². The molecule has 0 aliphatic heterocycles. The molecule has 1 heterocycles. The predicted octanol–water partition coefficient (Wildman–Crippen LogP) is 1.21. The van der Waals surface area contributed by atoms with Crippen LogP contribution in [-0.4, -0.2) is 24.5 Å². The zero-order valence-electron chi connectivity index (χ0n) is 12.0. The second-order valence-corrected chi connectivity index (χ2v) is 7.21. The molecule has 1 amide bonds. The Balaban J connectivity index is 1.65. The number of amides is 1.